The summed E-state index contributed by atoms with van der Waals surface area (Å²) >= 11 is 0. The Morgan fingerprint density at radius 1 is 0.500 bits per heavy atom. The molecule has 0 spiro atoms. The van der Waals surface area contributed by atoms with Crippen LogP contribution in [0.25, 0.3) is 0 Å². The molecule has 0 aromatic rings. The van der Waals surface area contributed by atoms with E-state index >= 15 is 0 Å². The molecule has 0 aliphatic rings. The maximum atomic E-state index is 0. The molecule has 0 aromatic carbocycles. The van der Waals surface area contributed by atoms with Crippen LogP contribution in [0.2, 0.25) is 0 Å². The first-order valence-corrected chi connectivity index (χ1v) is 0. The average Bonchev–Trinajstić information content (AvgIpc) is 0. The van der Waals surface area contributed by atoms with Gasteiger partial charge >= 0.3 is 34.1 Å². The predicted octanol–water partition coefficient (Wildman–Crippen LogP) is -2.16. The van der Waals surface area contributed by atoms with E-state index in [1.807, 2.05) is 0 Å². The van der Waals surface area contributed by atoms with Gasteiger partial charge in [-0.05, 0) is 0 Å². The maximum absolute atomic E-state index is 0. The molecule has 0 heterocycles. The molecule has 0 rings (SSSR count). The first kappa shape index (κ1) is 308. The first-order chi connectivity index (χ1) is 0. The van der Waals surface area contributed by atoms with Crippen molar-refractivity contribution in [1.29, 1.82) is 0 Å². The molecule has 0 fully saturated rings. The van der Waals surface area contributed by atoms with Gasteiger partial charge in [0.15, 0.2) is 0 Å². The van der Waals surface area contributed by atoms with Gasteiger partial charge in [0.2, 0.25) is 0 Å². The van der Waals surface area contributed by atoms with Gasteiger partial charge in [-0.25, -0.2) is 0 Å². The molecule has 0 unspecified atom stereocenters. The van der Waals surface area contributed by atoms with Gasteiger partial charge in [0.05, 0.1) is 0 Å². The van der Waals surface area contributed by atoms with Crippen molar-refractivity contribution in [1.82, 2.24) is 0 Å². The molecule has 6 heavy (non-hydrogen) atoms. The van der Waals surface area contributed by atoms with Gasteiger partial charge in [-0.15, -0.1) is 0 Å². The normalized spacial score (nSPS) is 0. The van der Waals surface area contributed by atoms with Crippen LogP contribution in [0.4, 0.5) is 0 Å². The van der Waals surface area contributed by atoms with Gasteiger partial charge < -0.3 is 21.9 Å². The van der Waals surface area contributed by atoms with E-state index in [1.54, 1.807) is 0 Å². The summed E-state index contributed by atoms with van der Waals surface area (Å²) in [5.74, 6) is 0. The zero-order valence-corrected chi connectivity index (χ0v) is 6.92. The summed E-state index contributed by atoms with van der Waals surface area (Å²) in [4.78, 5) is 0. The van der Waals surface area contributed by atoms with Crippen LogP contribution in [0.1, 0.15) is 0 Å². The van der Waals surface area contributed by atoms with Gasteiger partial charge in [-0.3, -0.25) is 0 Å². The summed E-state index contributed by atoms with van der Waals surface area (Å²) < 4.78 is 0. The van der Waals surface area contributed by atoms with E-state index < -0.39 is 0 Å². The average molecular weight is 207 g/mol. The number of rotatable bonds is 0. The van der Waals surface area contributed by atoms with Crippen LogP contribution in [0.15, 0.2) is 0 Å². The van der Waals surface area contributed by atoms with Crippen LogP contribution in [0, 0.1) is 0 Å². The third kappa shape index (κ3) is 95.0. The van der Waals surface area contributed by atoms with Gasteiger partial charge in [0.25, 0.3) is 0 Å². The summed E-state index contributed by atoms with van der Waals surface area (Å²) in [5, 5.41) is 0. The zero-order valence-electron chi connectivity index (χ0n) is 2.85. The molecule has 0 saturated carbocycles. The Labute approximate surface area is 56.5 Å². The fraction of sp³-hybridized carbons (Fsp3) is 0. The van der Waals surface area contributed by atoms with Crippen molar-refractivity contribution >= 4 is 17.1 Å². The second-order valence-corrected chi connectivity index (χ2v) is 0. The molecule has 0 bridgehead atoms. The van der Waals surface area contributed by atoms with E-state index in [1.165, 1.54) is 0 Å². The van der Waals surface area contributed by atoms with E-state index in [9.17, 15) is 0 Å². The molecule has 0 aliphatic carbocycles. The fourth-order valence-corrected chi connectivity index (χ4v) is 0. The Hall–Kier alpha value is 0.879. The second-order valence-electron chi connectivity index (χ2n) is 0. The zero-order chi connectivity index (χ0) is 0. The van der Waals surface area contributed by atoms with Crippen molar-refractivity contribution in [2.75, 3.05) is 0 Å². The molecule has 4 nitrogen and oxygen atoms in total. The summed E-state index contributed by atoms with van der Waals surface area (Å²) in [5.41, 5.74) is 0. The molecule has 4 N–H and O–H groups in total. The molecule has 0 amide bonds. The van der Waals surface area contributed by atoms with E-state index in [2.05, 4.69) is 0 Å². The number of hydrogen-bond acceptors (Lipinski definition) is 4. The van der Waals surface area contributed by atoms with Crippen molar-refractivity contribution in [2.24, 2.45) is 0 Å². The van der Waals surface area contributed by atoms with Gasteiger partial charge in [-0.2, -0.15) is 0 Å². The minimum atomic E-state index is 0. The standard InChI is InChI=1S/Fe.4H2O.H4Se/h;4*1H2;1H4/q+2;;;;;+2/p-4. The predicted molar refractivity (Wildman–Crippen MR) is 19.1 cm³/mol. The molecule has 0 aromatic heterocycles. The quantitative estimate of drug-likeness (QED) is 0.419. The summed E-state index contributed by atoms with van der Waals surface area (Å²) in [6.45, 7) is 0. The second kappa shape index (κ2) is 181. The van der Waals surface area contributed by atoms with Crippen LogP contribution in [0.5, 0.6) is 0 Å². The molecule has 0 saturated heterocycles. The topological polar surface area (TPSA) is 120 Å². The Morgan fingerprint density at radius 3 is 0.500 bits per heavy atom. The van der Waals surface area contributed by atoms with Crippen molar-refractivity contribution < 1.29 is 39.0 Å². The summed E-state index contributed by atoms with van der Waals surface area (Å²) in [6, 6.07) is 0. The third-order valence-corrected chi connectivity index (χ3v) is 0. The van der Waals surface area contributed by atoms with Crippen LogP contribution in [0.3, 0.4) is 0 Å². The van der Waals surface area contributed by atoms with Crippen molar-refractivity contribution in [3.05, 3.63) is 0 Å². The van der Waals surface area contributed by atoms with Crippen molar-refractivity contribution in [3.8, 4) is 0 Å². The Bertz CT molecular complexity index is 7.51. The molecule has 0 aliphatic heterocycles. The Balaban J connectivity index is 0. The number of hydrogen-bond donors (Lipinski definition) is 0. The molecule has 0 radical (unpaired) electrons. The molecule has 0 atom stereocenters. The Kier molecular flexibility index (Phi) is 9290. The first-order valence-electron chi connectivity index (χ1n) is 0. The monoisotopic (exact) mass is 208 g/mol. The molecule has 6 heteroatoms. The van der Waals surface area contributed by atoms with E-state index in [4.69, 9.17) is 0 Å². The summed E-state index contributed by atoms with van der Waals surface area (Å²) in [7, 11) is 0. The van der Waals surface area contributed by atoms with Gasteiger partial charge in [0, 0.05) is 0 Å². The van der Waals surface area contributed by atoms with Crippen LogP contribution in [-0.4, -0.2) is 39.0 Å². The van der Waals surface area contributed by atoms with E-state index in [-0.39, 0.29) is 56.0 Å². The Morgan fingerprint density at radius 2 is 0.500 bits per heavy atom. The molecular formula is H8FeO4Se. The third-order valence-electron chi connectivity index (χ3n) is 0. The van der Waals surface area contributed by atoms with Crippen molar-refractivity contribution in [3.63, 3.8) is 0 Å². The van der Waals surface area contributed by atoms with Crippen molar-refractivity contribution in [2.45, 2.75) is 0 Å². The van der Waals surface area contributed by atoms with E-state index in [0.717, 1.165) is 0 Å². The fourth-order valence-electron chi connectivity index (χ4n) is 0. The van der Waals surface area contributed by atoms with E-state index in [0.29, 0.717) is 0 Å². The molecule has 46 valence electrons. The van der Waals surface area contributed by atoms with Crippen LogP contribution >= 0.6 is 0 Å². The van der Waals surface area contributed by atoms with Gasteiger partial charge in [0.1, 0.15) is 0 Å². The van der Waals surface area contributed by atoms with Crippen LogP contribution < -0.4 is 0 Å². The van der Waals surface area contributed by atoms with Crippen LogP contribution in [-0.2, 0) is 17.1 Å². The van der Waals surface area contributed by atoms with Gasteiger partial charge in [-0.1, -0.05) is 0 Å². The SMILES string of the molecule is [Fe+2].[OH-].[OH-].[OH-].[OH-].[SeH4+2]. The molecular weight excluding hydrogens is 199 g/mol. The minimum absolute atomic E-state index is 0. The summed E-state index contributed by atoms with van der Waals surface area (Å²) in [6.07, 6.45) is 0.